The van der Waals surface area contributed by atoms with Gasteiger partial charge in [-0.2, -0.15) is 0 Å². The zero-order valence-corrected chi connectivity index (χ0v) is 17.9. The summed E-state index contributed by atoms with van der Waals surface area (Å²) in [5.74, 6) is 1.15. The highest BCUT2D eigenvalue weighted by Gasteiger charge is 2.42. The van der Waals surface area contributed by atoms with E-state index in [0.29, 0.717) is 22.6 Å². The van der Waals surface area contributed by atoms with Gasteiger partial charge in [0.2, 0.25) is 11.8 Å². The van der Waals surface area contributed by atoms with Gasteiger partial charge in [-0.15, -0.1) is 23.4 Å². The van der Waals surface area contributed by atoms with Gasteiger partial charge < -0.3 is 14.5 Å². The van der Waals surface area contributed by atoms with Crippen molar-refractivity contribution in [3.8, 4) is 5.75 Å². The van der Waals surface area contributed by atoms with Crippen molar-refractivity contribution in [1.82, 2.24) is 15.5 Å². The molecule has 4 rings (SSSR count). The van der Waals surface area contributed by atoms with Crippen LogP contribution in [0, 0.1) is 0 Å². The molecular formula is C21H23ClF3N3O4. The molecule has 2 aliphatic rings. The van der Waals surface area contributed by atoms with Gasteiger partial charge in [-0.05, 0) is 62.8 Å². The Kier molecular flexibility index (Phi) is 6.90. The minimum atomic E-state index is -4.62. The van der Waals surface area contributed by atoms with E-state index in [-0.39, 0.29) is 43.2 Å². The molecule has 0 bridgehead atoms. The third-order valence-corrected chi connectivity index (χ3v) is 6.08. The molecule has 2 aromatic rings. The van der Waals surface area contributed by atoms with Crippen molar-refractivity contribution >= 4 is 17.5 Å². The molecule has 0 aliphatic heterocycles. The summed E-state index contributed by atoms with van der Waals surface area (Å²) < 4.78 is 51.9. The van der Waals surface area contributed by atoms with Crippen molar-refractivity contribution in [3.05, 3.63) is 41.1 Å². The average molecular weight is 474 g/mol. The zero-order valence-electron chi connectivity index (χ0n) is 17.1. The van der Waals surface area contributed by atoms with E-state index in [2.05, 4.69) is 20.3 Å². The lowest BCUT2D eigenvalue weighted by Gasteiger charge is -2.33. The van der Waals surface area contributed by atoms with Gasteiger partial charge in [-0.1, -0.05) is 11.6 Å². The van der Waals surface area contributed by atoms with E-state index in [4.69, 9.17) is 20.8 Å². The van der Waals surface area contributed by atoms with Gasteiger partial charge in [0.05, 0.1) is 6.10 Å². The molecule has 174 valence electrons. The number of alkyl halides is 3. The Morgan fingerprint density at radius 3 is 2.31 bits per heavy atom. The predicted molar refractivity (Wildman–Crippen MR) is 107 cm³/mol. The molecule has 1 N–H and O–H groups in total. The maximum Gasteiger partial charge on any atom is 0.522 e. The first-order valence-corrected chi connectivity index (χ1v) is 10.9. The summed E-state index contributed by atoms with van der Waals surface area (Å²) in [6.07, 6.45) is -1.95. The summed E-state index contributed by atoms with van der Waals surface area (Å²) >= 11 is 5.82. The van der Waals surface area contributed by atoms with Crippen LogP contribution in [0.25, 0.3) is 0 Å². The number of hydrogen-bond acceptors (Lipinski definition) is 6. The minimum absolute atomic E-state index is 0.0434. The van der Waals surface area contributed by atoms with Gasteiger partial charge in [0.15, 0.2) is 6.61 Å². The highest BCUT2D eigenvalue weighted by molar-refractivity contribution is 6.30. The van der Waals surface area contributed by atoms with E-state index in [9.17, 15) is 18.0 Å². The second kappa shape index (κ2) is 9.66. The molecule has 0 saturated heterocycles. The number of nitrogens with zero attached hydrogens (tertiary/aromatic N) is 2. The number of halogens is 4. The lowest BCUT2D eigenvalue weighted by atomic mass is 9.82. The highest BCUT2D eigenvalue weighted by Crippen LogP contribution is 2.42. The Hall–Kier alpha value is -2.33. The normalized spacial score (nSPS) is 25.8. The molecule has 0 unspecified atom stereocenters. The number of benzene rings is 1. The van der Waals surface area contributed by atoms with Crippen molar-refractivity contribution in [2.75, 3.05) is 6.61 Å². The smallest absolute Gasteiger partial charge is 0.484 e. The molecule has 32 heavy (non-hydrogen) atoms. The number of carbonyl (C=O) groups is 1. The first-order valence-electron chi connectivity index (χ1n) is 10.5. The van der Waals surface area contributed by atoms with E-state index in [1.54, 1.807) is 24.3 Å². The minimum Gasteiger partial charge on any atom is -0.484 e. The lowest BCUT2D eigenvalue weighted by Crippen LogP contribution is -2.39. The molecule has 1 aromatic carbocycles. The highest BCUT2D eigenvalue weighted by atomic mass is 35.5. The zero-order chi connectivity index (χ0) is 22.7. The van der Waals surface area contributed by atoms with Gasteiger partial charge in [0.1, 0.15) is 5.75 Å². The fourth-order valence-corrected chi connectivity index (χ4v) is 4.19. The van der Waals surface area contributed by atoms with Gasteiger partial charge in [-0.25, -0.2) is 0 Å². The summed E-state index contributed by atoms with van der Waals surface area (Å²) in [4.78, 5) is 12.2. The predicted octanol–water partition coefficient (Wildman–Crippen LogP) is 4.73. The Labute approximate surface area is 187 Å². The van der Waals surface area contributed by atoms with Crippen LogP contribution in [0.5, 0.6) is 5.75 Å². The number of amides is 1. The third kappa shape index (κ3) is 6.13. The van der Waals surface area contributed by atoms with Crippen molar-refractivity contribution in [2.24, 2.45) is 0 Å². The first-order chi connectivity index (χ1) is 15.2. The van der Waals surface area contributed by atoms with Gasteiger partial charge in [-0.3, -0.25) is 9.53 Å². The Balaban J connectivity index is 1.17. The Bertz CT molecular complexity index is 908. The van der Waals surface area contributed by atoms with Gasteiger partial charge in [0.25, 0.3) is 5.91 Å². The molecular weight excluding hydrogens is 451 g/mol. The second-order valence-corrected chi connectivity index (χ2v) is 8.63. The Morgan fingerprint density at radius 1 is 1.06 bits per heavy atom. The van der Waals surface area contributed by atoms with Crippen molar-refractivity contribution in [2.45, 2.75) is 68.9 Å². The van der Waals surface area contributed by atoms with Crippen LogP contribution < -0.4 is 10.1 Å². The quantitative estimate of drug-likeness (QED) is 0.625. The topological polar surface area (TPSA) is 86.5 Å². The van der Waals surface area contributed by atoms with Crippen LogP contribution in [0.15, 0.2) is 28.7 Å². The SMILES string of the molecule is O=C(COc1ccc(Cl)cc1)N[C@H]1CC[C@H](c2nnc([C@H]3C[C@H](OC(F)(F)F)C3)o2)CC1. The average Bonchev–Trinajstić information content (AvgIpc) is 3.19. The van der Waals surface area contributed by atoms with E-state index in [1.807, 2.05) is 0 Å². The standard InChI is InChI=1S/C21H23ClF3N3O4/c22-14-3-7-16(8-4-14)30-11-18(29)26-15-5-1-12(2-6-15)19-27-28-20(31-19)13-9-17(10-13)32-21(23,24)25/h3-4,7-8,12-13,15,17H,1-2,5-6,9-11H2,(H,26,29)/t12-,13-,15-,17-. The summed E-state index contributed by atoms with van der Waals surface area (Å²) in [5, 5.41) is 11.7. The molecule has 0 radical (unpaired) electrons. The van der Waals surface area contributed by atoms with Crippen LogP contribution in [0.3, 0.4) is 0 Å². The van der Waals surface area contributed by atoms with E-state index in [1.165, 1.54) is 0 Å². The number of nitrogens with one attached hydrogen (secondary N) is 1. The molecule has 7 nitrogen and oxygen atoms in total. The van der Waals surface area contributed by atoms with Crippen LogP contribution >= 0.6 is 11.6 Å². The Morgan fingerprint density at radius 2 is 1.69 bits per heavy atom. The molecule has 11 heteroatoms. The molecule has 0 spiro atoms. The number of carbonyl (C=O) groups excluding carboxylic acids is 1. The first kappa shape index (κ1) is 22.8. The number of hydrogen-bond donors (Lipinski definition) is 1. The van der Waals surface area contributed by atoms with Gasteiger partial charge >= 0.3 is 6.36 Å². The number of ether oxygens (including phenoxy) is 2. The molecule has 1 heterocycles. The fourth-order valence-electron chi connectivity index (χ4n) is 4.06. The lowest BCUT2D eigenvalue weighted by molar-refractivity contribution is -0.352. The van der Waals surface area contributed by atoms with Crippen molar-refractivity contribution in [3.63, 3.8) is 0 Å². The number of rotatable bonds is 7. The molecule has 1 amide bonds. The van der Waals surface area contributed by atoms with Crippen LogP contribution in [0.2, 0.25) is 5.02 Å². The van der Waals surface area contributed by atoms with Crippen LogP contribution in [0.1, 0.15) is 62.1 Å². The van der Waals surface area contributed by atoms with E-state index >= 15 is 0 Å². The molecule has 2 saturated carbocycles. The van der Waals surface area contributed by atoms with Crippen LogP contribution in [-0.2, 0) is 9.53 Å². The fraction of sp³-hybridized carbons (Fsp3) is 0.571. The van der Waals surface area contributed by atoms with Crippen molar-refractivity contribution < 1.29 is 31.9 Å². The van der Waals surface area contributed by atoms with Crippen LogP contribution in [-0.4, -0.2) is 41.2 Å². The molecule has 1 aromatic heterocycles. The summed E-state index contributed by atoms with van der Waals surface area (Å²) in [7, 11) is 0. The largest absolute Gasteiger partial charge is 0.522 e. The maximum absolute atomic E-state index is 12.2. The second-order valence-electron chi connectivity index (χ2n) is 8.19. The summed E-state index contributed by atoms with van der Waals surface area (Å²) in [6.45, 7) is -0.0744. The molecule has 2 aliphatic carbocycles. The van der Waals surface area contributed by atoms with Crippen molar-refractivity contribution in [1.29, 1.82) is 0 Å². The number of aromatic nitrogens is 2. The van der Waals surface area contributed by atoms with E-state index in [0.717, 1.165) is 25.7 Å². The summed E-state index contributed by atoms with van der Waals surface area (Å²) in [5.41, 5.74) is 0. The molecule has 0 atom stereocenters. The molecule has 2 fully saturated rings. The van der Waals surface area contributed by atoms with Gasteiger partial charge in [0, 0.05) is 22.9 Å². The van der Waals surface area contributed by atoms with E-state index < -0.39 is 12.5 Å². The summed E-state index contributed by atoms with van der Waals surface area (Å²) in [6, 6.07) is 6.83. The maximum atomic E-state index is 12.2. The van der Waals surface area contributed by atoms with Crippen LogP contribution in [0.4, 0.5) is 13.2 Å². The third-order valence-electron chi connectivity index (χ3n) is 5.83. The monoisotopic (exact) mass is 473 g/mol.